The number of rotatable bonds is 6. The Balaban J connectivity index is 2.22. The van der Waals surface area contributed by atoms with Crippen LogP contribution in [-0.4, -0.2) is 17.6 Å². The lowest BCUT2D eigenvalue weighted by Crippen LogP contribution is -2.23. The first-order chi connectivity index (χ1) is 10.1. The van der Waals surface area contributed by atoms with Gasteiger partial charge in [0.1, 0.15) is 5.82 Å². The van der Waals surface area contributed by atoms with Crippen molar-refractivity contribution in [2.45, 2.75) is 40.3 Å². The summed E-state index contributed by atoms with van der Waals surface area (Å²) >= 11 is 0. The summed E-state index contributed by atoms with van der Waals surface area (Å²) < 4.78 is 0. The number of benzene rings is 1. The van der Waals surface area contributed by atoms with Gasteiger partial charge >= 0.3 is 0 Å². The molecular formula is C18H25N3. The molecule has 1 aromatic heterocycles. The molecule has 2 rings (SSSR count). The molecule has 0 aliphatic heterocycles. The molecule has 2 aromatic rings. The highest BCUT2D eigenvalue weighted by Crippen LogP contribution is 2.24. The maximum atomic E-state index is 4.78. The van der Waals surface area contributed by atoms with E-state index in [4.69, 9.17) is 4.98 Å². The van der Waals surface area contributed by atoms with Crippen LogP contribution >= 0.6 is 0 Å². The van der Waals surface area contributed by atoms with Crippen molar-refractivity contribution in [1.29, 1.82) is 0 Å². The van der Waals surface area contributed by atoms with Gasteiger partial charge in [-0.25, -0.2) is 4.98 Å². The maximum absolute atomic E-state index is 4.78. The summed E-state index contributed by atoms with van der Waals surface area (Å²) in [7, 11) is 0. The zero-order valence-corrected chi connectivity index (χ0v) is 13.4. The molecule has 3 heteroatoms. The van der Waals surface area contributed by atoms with Crippen molar-refractivity contribution < 1.29 is 0 Å². The number of para-hydroxylation sites is 1. The fourth-order valence-electron chi connectivity index (χ4n) is 2.31. The number of hydrogen-bond acceptors (Lipinski definition) is 3. The normalized spacial score (nSPS) is 10.9. The van der Waals surface area contributed by atoms with Crippen molar-refractivity contribution in [3.63, 3.8) is 0 Å². The standard InChI is InChI=1S/C18H25N3/c1-5-21(17-9-7-6-8-10-17)18-12-11-16(15(4)20-18)13-19-14(2)3/h6-12,14,19H,5,13H2,1-4H3. The van der Waals surface area contributed by atoms with Crippen LogP contribution in [0.5, 0.6) is 0 Å². The molecule has 0 aliphatic rings. The minimum Gasteiger partial charge on any atom is -0.327 e. The van der Waals surface area contributed by atoms with Crippen molar-refractivity contribution in [3.8, 4) is 0 Å². The first-order valence-corrected chi connectivity index (χ1v) is 7.64. The topological polar surface area (TPSA) is 28.2 Å². The van der Waals surface area contributed by atoms with Crippen molar-refractivity contribution in [3.05, 3.63) is 53.7 Å². The van der Waals surface area contributed by atoms with Crippen LogP contribution in [0.1, 0.15) is 32.0 Å². The van der Waals surface area contributed by atoms with Gasteiger partial charge in [-0.2, -0.15) is 0 Å². The van der Waals surface area contributed by atoms with Crippen LogP contribution in [0.4, 0.5) is 11.5 Å². The van der Waals surface area contributed by atoms with Gasteiger partial charge < -0.3 is 10.2 Å². The molecule has 1 aromatic carbocycles. The average Bonchev–Trinajstić information content (AvgIpc) is 2.48. The third kappa shape index (κ3) is 4.05. The maximum Gasteiger partial charge on any atom is 0.133 e. The Morgan fingerprint density at radius 2 is 1.81 bits per heavy atom. The predicted molar refractivity (Wildman–Crippen MR) is 90.1 cm³/mol. The van der Waals surface area contributed by atoms with Crippen molar-refractivity contribution in [2.75, 3.05) is 11.4 Å². The minimum absolute atomic E-state index is 0.487. The average molecular weight is 283 g/mol. The van der Waals surface area contributed by atoms with E-state index in [1.807, 2.05) is 6.07 Å². The molecular weight excluding hydrogens is 258 g/mol. The van der Waals surface area contributed by atoms with Crippen LogP contribution in [0.3, 0.4) is 0 Å². The van der Waals surface area contributed by atoms with Gasteiger partial charge in [-0.1, -0.05) is 38.1 Å². The Morgan fingerprint density at radius 1 is 1.10 bits per heavy atom. The molecule has 1 heterocycles. The number of pyridine rings is 1. The zero-order chi connectivity index (χ0) is 15.2. The third-order valence-corrected chi connectivity index (χ3v) is 3.54. The second-order valence-electron chi connectivity index (χ2n) is 5.53. The number of nitrogens with zero attached hydrogens (tertiary/aromatic N) is 2. The summed E-state index contributed by atoms with van der Waals surface area (Å²) in [6, 6.07) is 15.2. The van der Waals surface area contributed by atoms with Gasteiger partial charge in [0, 0.05) is 30.5 Å². The predicted octanol–water partition coefficient (Wildman–Crippen LogP) is 4.05. The van der Waals surface area contributed by atoms with Gasteiger partial charge in [0.25, 0.3) is 0 Å². The van der Waals surface area contributed by atoms with E-state index >= 15 is 0 Å². The zero-order valence-electron chi connectivity index (χ0n) is 13.4. The second-order valence-corrected chi connectivity index (χ2v) is 5.53. The van der Waals surface area contributed by atoms with E-state index in [1.165, 1.54) is 11.3 Å². The lowest BCUT2D eigenvalue weighted by atomic mass is 10.2. The number of nitrogens with one attached hydrogen (secondary N) is 1. The minimum atomic E-state index is 0.487. The van der Waals surface area contributed by atoms with E-state index < -0.39 is 0 Å². The molecule has 0 spiro atoms. The Labute approximate surface area is 128 Å². The molecule has 1 N–H and O–H groups in total. The summed E-state index contributed by atoms with van der Waals surface area (Å²) in [5, 5.41) is 3.44. The summed E-state index contributed by atoms with van der Waals surface area (Å²) in [6.45, 7) is 10.3. The molecule has 21 heavy (non-hydrogen) atoms. The van der Waals surface area contributed by atoms with Gasteiger partial charge in [-0.3, -0.25) is 0 Å². The van der Waals surface area contributed by atoms with Crippen LogP contribution in [0, 0.1) is 6.92 Å². The van der Waals surface area contributed by atoms with Crippen molar-refractivity contribution >= 4 is 11.5 Å². The lowest BCUT2D eigenvalue weighted by molar-refractivity contribution is 0.586. The largest absolute Gasteiger partial charge is 0.327 e. The molecule has 0 aliphatic carbocycles. The molecule has 0 amide bonds. The Kier molecular flexibility index (Phi) is 5.34. The molecule has 3 nitrogen and oxygen atoms in total. The fourth-order valence-corrected chi connectivity index (χ4v) is 2.31. The van der Waals surface area contributed by atoms with Gasteiger partial charge in [0.2, 0.25) is 0 Å². The SMILES string of the molecule is CCN(c1ccccc1)c1ccc(CNC(C)C)c(C)n1. The van der Waals surface area contributed by atoms with Gasteiger partial charge in [0.05, 0.1) is 0 Å². The van der Waals surface area contributed by atoms with Crippen LogP contribution in [0.25, 0.3) is 0 Å². The van der Waals surface area contributed by atoms with E-state index in [0.29, 0.717) is 6.04 Å². The van der Waals surface area contributed by atoms with E-state index in [2.05, 4.69) is 74.3 Å². The van der Waals surface area contributed by atoms with E-state index in [0.717, 1.165) is 24.6 Å². The van der Waals surface area contributed by atoms with Gasteiger partial charge in [-0.05, 0) is 37.6 Å². The fraction of sp³-hybridized carbons (Fsp3) is 0.389. The van der Waals surface area contributed by atoms with E-state index in [1.54, 1.807) is 0 Å². The Bertz CT molecular complexity index is 564. The highest BCUT2D eigenvalue weighted by molar-refractivity contribution is 5.60. The molecule has 0 fully saturated rings. The quantitative estimate of drug-likeness (QED) is 0.867. The monoisotopic (exact) mass is 283 g/mol. The van der Waals surface area contributed by atoms with Gasteiger partial charge in [0.15, 0.2) is 0 Å². The highest BCUT2D eigenvalue weighted by Gasteiger charge is 2.10. The number of anilines is 2. The van der Waals surface area contributed by atoms with Crippen LogP contribution < -0.4 is 10.2 Å². The van der Waals surface area contributed by atoms with Gasteiger partial charge in [-0.15, -0.1) is 0 Å². The molecule has 112 valence electrons. The number of hydrogen-bond donors (Lipinski definition) is 1. The summed E-state index contributed by atoms with van der Waals surface area (Å²) in [6.07, 6.45) is 0. The van der Waals surface area contributed by atoms with Crippen LogP contribution in [-0.2, 0) is 6.54 Å². The first-order valence-electron chi connectivity index (χ1n) is 7.64. The molecule has 0 atom stereocenters. The Morgan fingerprint density at radius 3 is 2.38 bits per heavy atom. The Hall–Kier alpha value is -1.87. The van der Waals surface area contributed by atoms with Crippen LogP contribution in [0.2, 0.25) is 0 Å². The van der Waals surface area contributed by atoms with E-state index in [-0.39, 0.29) is 0 Å². The summed E-state index contributed by atoms with van der Waals surface area (Å²) in [4.78, 5) is 7.01. The first kappa shape index (κ1) is 15.5. The second kappa shape index (κ2) is 7.23. The smallest absolute Gasteiger partial charge is 0.133 e. The number of aryl methyl sites for hydroxylation is 1. The van der Waals surface area contributed by atoms with Crippen LogP contribution in [0.15, 0.2) is 42.5 Å². The third-order valence-electron chi connectivity index (χ3n) is 3.54. The molecule has 0 saturated carbocycles. The molecule has 0 saturated heterocycles. The van der Waals surface area contributed by atoms with Crippen molar-refractivity contribution in [1.82, 2.24) is 10.3 Å². The summed E-state index contributed by atoms with van der Waals surface area (Å²) in [5.74, 6) is 1.01. The molecule has 0 unspecified atom stereocenters. The lowest BCUT2D eigenvalue weighted by Gasteiger charge is -2.23. The molecule has 0 radical (unpaired) electrons. The molecule has 0 bridgehead atoms. The summed E-state index contributed by atoms with van der Waals surface area (Å²) in [5.41, 5.74) is 3.53. The number of aromatic nitrogens is 1. The highest BCUT2D eigenvalue weighted by atomic mass is 15.2. The van der Waals surface area contributed by atoms with E-state index in [9.17, 15) is 0 Å². The van der Waals surface area contributed by atoms with Crippen molar-refractivity contribution in [2.24, 2.45) is 0 Å².